The van der Waals surface area contributed by atoms with Crippen molar-refractivity contribution in [3.05, 3.63) is 28.8 Å². The molecular weight excluding hydrogens is 250 g/mol. The zero-order chi connectivity index (χ0) is 12.8. The normalized spacial score (nSPS) is 14.9. The second-order valence-electron chi connectivity index (χ2n) is 4.82. The Bertz CT molecular complexity index is 380. The first kappa shape index (κ1) is 13.7. The van der Waals surface area contributed by atoms with E-state index in [1.165, 1.54) is 12.8 Å². The molecule has 0 aliphatic heterocycles. The van der Waals surface area contributed by atoms with E-state index < -0.39 is 0 Å². The van der Waals surface area contributed by atoms with E-state index in [-0.39, 0.29) is 5.75 Å². The highest BCUT2D eigenvalue weighted by molar-refractivity contribution is 6.30. The molecule has 0 saturated heterocycles. The Hall–Kier alpha value is -0.770. The zero-order valence-electron chi connectivity index (χ0n) is 10.5. The minimum absolute atomic E-state index is 0.289. The third-order valence-corrected chi connectivity index (χ3v) is 3.28. The van der Waals surface area contributed by atoms with Gasteiger partial charge in [-0.05, 0) is 49.9 Å². The van der Waals surface area contributed by atoms with Crippen LogP contribution in [0.2, 0.25) is 5.02 Å². The van der Waals surface area contributed by atoms with Crippen LogP contribution in [0.15, 0.2) is 18.2 Å². The van der Waals surface area contributed by atoms with E-state index in [1.807, 2.05) is 0 Å². The van der Waals surface area contributed by atoms with Crippen molar-refractivity contribution < 1.29 is 9.84 Å². The van der Waals surface area contributed by atoms with Crippen LogP contribution in [0.1, 0.15) is 24.8 Å². The van der Waals surface area contributed by atoms with E-state index >= 15 is 0 Å². The summed E-state index contributed by atoms with van der Waals surface area (Å²) in [5, 5.41) is 13.5. The van der Waals surface area contributed by atoms with Crippen molar-refractivity contribution in [3.63, 3.8) is 0 Å². The summed E-state index contributed by atoms with van der Waals surface area (Å²) in [5.41, 5.74) is 0.835. The van der Waals surface area contributed by atoms with Gasteiger partial charge in [0.25, 0.3) is 0 Å². The lowest BCUT2D eigenvalue weighted by molar-refractivity contribution is 0.122. The first-order valence-corrected chi connectivity index (χ1v) is 6.89. The van der Waals surface area contributed by atoms with Crippen LogP contribution >= 0.6 is 11.6 Å². The second kappa shape index (κ2) is 6.98. The summed E-state index contributed by atoms with van der Waals surface area (Å²) in [6.45, 7) is 3.26. The van der Waals surface area contributed by atoms with Gasteiger partial charge in [0.05, 0.1) is 0 Å². The maximum Gasteiger partial charge on any atom is 0.120 e. The minimum atomic E-state index is 0.289. The van der Waals surface area contributed by atoms with Crippen LogP contribution in [0.4, 0.5) is 0 Å². The molecule has 1 aliphatic carbocycles. The van der Waals surface area contributed by atoms with Gasteiger partial charge in [-0.3, -0.25) is 0 Å². The minimum Gasteiger partial charge on any atom is -0.508 e. The monoisotopic (exact) mass is 269 g/mol. The number of phenols is 1. The summed E-state index contributed by atoms with van der Waals surface area (Å²) in [7, 11) is 0. The fraction of sp³-hybridized carbons (Fsp3) is 0.571. The van der Waals surface area contributed by atoms with Crippen molar-refractivity contribution in [1.82, 2.24) is 5.32 Å². The van der Waals surface area contributed by atoms with E-state index in [4.69, 9.17) is 16.3 Å². The van der Waals surface area contributed by atoms with Crippen LogP contribution in [0.3, 0.4) is 0 Å². The number of phenolic OH excluding ortho intramolecular Hbond substituents is 1. The Morgan fingerprint density at radius 1 is 1.39 bits per heavy atom. The molecule has 1 aromatic carbocycles. The molecule has 4 heteroatoms. The Morgan fingerprint density at radius 2 is 2.22 bits per heavy atom. The van der Waals surface area contributed by atoms with Gasteiger partial charge in [-0.15, -0.1) is 0 Å². The smallest absolute Gasteiger partial charge is 0.120 e. The third-order valence-electron chi connectivity index (χ3n) is 3.05. The van der Waals surface area contributed by atoms with Crippen molar-refractivity contribution in [2.75, 3.05) is 19.8 Å². The van der Waals surface area contributed by atoms with Gasteiger partial charge in [-0.25, -0.2) is 0 Å². The largest absolute Gasteiger partial charge is 0.508 e. The van der Waals surface area contributed by atoms with E-state index in [0.717, 1.165) is 37.7 Å². The van der Waals surface area contributed by atoms with Gasteiger partial charge in [-0.1, -0.05) is 11.6 Å². The summed E-state index contributed by atoms with van der Waals surface area (Å²) in [6.07, 6.45) is 3.67. The summed E-state index contributed by atoms with van der Waals surface area (Å²) in [6, 6.07) is 5.09. The SMILES string of the molecule is Oc1ccc(Cl)cc1CNCCCOCC1CC1. The van der Waals surface area contributed by atoms with Crippen LogP contribution < -0.4 is 5.32 Å². The highest BCUT2D eigenvalue weighted by atomic mass is 35.5. The van der Waals surface area contributed by atoms with E-state index in [1.54, 1.807) is 18.2 Å². The molecule has 3 nitrogen and oxygen atoms in total. The number of benzene rings is 1. The van der Waals surface area contributed by atoms with E-state index in [0.29, 0.717) is 11.6 Å². The van der Waals surface area contributed by atoms with Crippen molar-refractivity contribution in [3.8, 4) is 5.75 Å². The fourth-order valence-corrected chi connectivity index (χ4v) is 1.95. The average molecular weight is 270 g/mol. The zero-order valence-corrected chi connectivity index (χ0v) is 11.2. The summed E-state index contributed by atoms with van der Waals surface area (Å²) < 4.78 is 5.54. The van der Waals surface area contributed by atoms with Crippen LogP contribution in [0.5, 0.6) is 5.75 Å². The van der Waals surface area contributed by atoms with Gasteiger partial charge < -0.3 is 15.2 Å². The van der Waals surface area contributed by atoms with Crippen molar-refractivity contribution in [1.29, 1.82) is 0 Å². The van der Waals surface area contributed by atoms with Gasteiger partial charge in [-0.2, -0.15) is 0 Å². The average Bonchev–Trinajstić information content (AvgIpc) is 3.16. The predicted octanol–water partition coefficient (Wildman–Crippen LogP) is 2.95. The highest BCUT2D eigenvalue weighted by Crippen LogP contribution is 2.28. The molecule has 1 saturated carbocycles. The molecule has 0 amide bonds. The number of hydrogen-bond acceptors (Lipinski definition) is 3. The number of aromatic hydroxyl groups is 1. The van der Waals surface area contributed by atoms with Gasteiger partial charge in [0.2, 0.25) is 0 Å². The van der Waals surface area contributed by atoms with Gasteiger partial charge >= 0.3 is 0 Å². The topological polar surface area (TPSA) is 41.5 Å². The van der Waals surface area contributed by atoms with Gasteiger partial charge in [0.15, 0.2) is 0 Å². The highest BCUT2D eigenvalue weighted by Gasteiger charge is 2.20. The molecule has 0 radical (unpaired) electrons. The molecule has 0 aromatic heterocycles. The lowest BCUT2D eigenvalue weighted by Gasteiger charge is -2.07. The van der Waals surface area contributed by atoms with Crippen molar-refractivity contribution in [2.24, 2.45) is 5.92 Å². The van der Waals surface area contributed by atoms with Crippen molar-refractivity contribution in [2.45, 2.75) is 25.8 Å². The van der Waals surface area contributed by atoms with Crippen LogP contribution in [0.25, 0.3) is 0 Å². The molecule has 18 heavy (non-hydrogen) atoms. The number of hydrogen-bond donors (Lipinski definition) is 2. The number of rotatable bonds is 8. The van der Waals surface area contributed by atoms with Crippen LogP contribution in [-0.2, 0) is 11.3 Å². The lowest BCUT2D eigenvalue weighted by Crippen LogP contribution is -2.16. The standard InChI is InChI=1S/C14H20ClNO2/c15-13-4-5-14(17)12(8-13)9-16-6-1-7-18-10-11-2-3-11/h4-5,8,11,16-17H,1-3,6-7,9-10H2. The fourth-order valence-electron chi connectivity index (χ4n) is 1.75. The molecule has 2 N–H and O–H groups in total. The maximum atomic E-state index is 9.62. The first-order valence-electron chi connectivity index (χ1n) is 6.51. The Balaban J connectivity index is 1.55. The molecule has 100 valence electrons. The van der Waals surface area contributed by atoms with E-state index in [2.05, 4.69) is 5.32 Å². The molecule has 1 aromatic rings. The summed E-state index contributed by atoms with van der Waals surface area (Å²) in [4.78, 5) is 0. The molecule has 1 fully saturated rings. The molecule has 0 bridgehead atoms. The Labute approximate surface area is 113 Å². The third kappa shape index (κ3) is 4.84. The Morgan fingerprint density at radius 3 is 3.00 bits per heavy atom. The lowest BCUT2D eigenvalue weighted by atomic mass is 10.2. The number of nitrogens with one attached hydrogen (secondary N) is 1. The molecular formula is C14H20ClNO2. The van der Waals surface area contributed by atoms with E-state index in [9.17, 15) is 5.11 Å². The predicted molar refractivity (Wildman–Crippen MR) is 73.0 cm³/mol. The quantitative estimate of drug-likeness (QED) is 0.713. The molecule has 0 unspecified atom stereocenters. The second-order valence-corrected chi connectivity index (χ2v) is 5.26. The van der Waals surface area contributed by atoms with Crippen molar-refractivity contribution >= 4 is 11.6 Å². The molecule has 2 rings (SSSR count). The van der Waals surface area contributed by atoms with Crippen LogP contribution in [0, 0.1) is 5.92 Å². The molecule has 0 atom stereocenters. The Kier molecular flexibility index (Phi) is 5.29. The summed E-state index contributed by atoms with van der Waals surface area (Å²) in [5.74, 6) is 1.12. The number of ether oxygens (including phenoxy) is 1. The van der Waals surface area contributed by atoms with Gasteiger partial charge in [0, 0.05) is 30.3 Å². The first-order chi connectivity index (χ1) is 8.75. The summed E-state index contributed by atoms with van der Waals surface area (Å²) >= 11 is 5.87. The van der Waals surface area contributed by atoms with Gasteiger partial charge in [0.1, 0.15) is 5.75 Å². The van der Waals surface area contributed by atoms with Crippen LogP contribution in [-0.4, -0.2) is 24.9 Å². The molecule has 0 spiro atoms. The molecule has 0 heterocycles. The number of halogens is 1. The molecule has 1 aliphatic rings. The maximum absolute atomic E-state index is 9.62.